The maximum atomic E-state index is 5.01. The van der Waals surface area contributed by atoms with Gasteiger partial charge >= 0.3 is 0 Å². The Kier molecular flexibility index (Phi) is 5.03. The lowest BCUT2D eigenvalue weighted by molar-refractivity contribution is 1.34. The van der Waals surface area contributed by atoms with Crippen LogP contribution in [0.5, 0.6) is 0 Å². The van der Waals surface area contributed by atoms with Crippen molar-refractivity contribution in [3.63, 3.8) is 0 Å². The number of imidazole rings is 1. The third-order valence-corrected chi connectivity index (χ3v) is 9.59. The molecule has 45 heavy (non-hydrogen) atoms. The van der Waals surface area contributed by atoms with Gasteiger partial charge in [0.05, 0.1) is 11.0 Å². The second-order valence-electron chi connectivity index (χ2n) is 12.0. The maximum Gasteiger partial charge on any atom is 0.138 e. The largest absolute Gasteiger partial charge is 0.338 e. The molecule has 0 radical (unpaired) electrons. The van der Waals surface area contributed by atoms with Gasteiger partial charge in [-0.3, -0.25) is 0 Å². The first-order valence-electron chi connectivity index (χ1n) is 15.5. The summed E-state index contributed by atoms with van der Waals surface area (Å²) in [4.78, 5) is 8.55. The van der Waals surface area contributed by atoms with Gasteiger partial charge in [-0.05, 0) is 76.8 Å². The summed E-state index contributed by atoms with van der Waals surface area (Å²) >= 11 is 0. The van der Waals surface area contributed by atoms with E-state index >= 15 is 0 Å². The van der Waals surface area contributed by atoms with Gasteiger partial charge in [0.25, 0.3) is 0 Å². The monoisotopic (exact) mass is 570 g/mol. The summed E-state index contributed by atoms with van der Waals surface area (Å²) in [6.45, 7) is 0. The van der Waals surface area contributed by atoms with Gasteiger partial charge in [0.2, 0.25) is 0 Å². The SMILES string of the molecule is c1ccc2c(c1)ccc1[nH]c(-c3ccc(-c4ccc(-c5ccc6ccc7cccc8ccc5c6c78)c5ccccc45)cc3)nc12. The van der Waals surface area contributed by atoms with E-state index in [1.165, 1.54) is 76.1 Å². The zero-order valence-electron chi connectivity index (χ0n) is 24.4. The third-order valence-electron chi connectivity index (χ3n) is 9.59. The van der Waals surface area contributed by atoms with E-state index in [9.17, 15) is 0 Å². The number of nitrogens with zero attached hydrogens (tertiary/aromatic N) is 1. The molecule has 0 spiro atoms. The normalized spacial score (nSPS) is 12.0. The minimum atomic E-state index is 0.891. The Labute approximate surface area is 259 Å². The smallest absolute Gasteiger partial charge is 0.138 e. The van der Waals surface area contributed by atoms with Crippen LogP contribution in [0.25, 0.3) is 98.5 Å². The molecule has 208 valence electrons. The fourth-order valence-electron chi connectivity index (χ4n) is 7.44. The lowest BCUT2D eigenvalue weighted by Gasteiger charge is -2.17. The number of benzene rings is 9. The Balaban J connectivity index is 1.10. The Morgan fingerprint density at radius 1 is 0.356 bits per heavy atom. The molecular weight excluding hydrogens is 544 g/mol. The van der Waals surface area contributed by atoms with Gasteiger partial charge in [0.1, 0.15) is 5.82 Å². The van der Waals surface area contributed by atoms with Crippen molar-refractivity contribution < 1.29 is 0 Å². The molecule has 1 heterocycles. The van der Waals surface area contributed by atoms with Crippen LogP contribution in [0.1, 0.15) is 0 Å². The van der Waals surface area contributed by atoms with Crippen molar-refractivity contribution in [2.45, 2.75) is 0 Å². The topological polar surface area (TPSA) is 28.7 Å². The second kappa shape index (κ2) is 9.25. The fraction of sp³-hybridized carbons (Fsp3) is 0. The third kappa shape index (κ3) is 3.60. The molecule has 0 atom stereocenters. The average Bonchev–Trinajstić information content (AvgIpc) is 3.56. The van der Waals surface area contributed by atoms with Crippen LogP contribution in [0, 0.1) is 0 Å². The number of rotatable bonds is 3. The van der Waals surface area contributed by atoms with Crippen molar-refractivity contribution in [2.75, 3.05) is 0 Å². The number of nitrogens with one attached hydrogen (secondary N) is 1. The molecule has 0 amide bonds. The highest BCUT2D eigenvalue weighted by Gasteiger charge is 2.16. The first kappa shape index (κ1) is 24.5. The van der Waals surface area contributed by atoms with Crippen LogP contribution in [-0.4, -0.2) is 9.97 Å². The predicted molar refractivity (Wildman–Crippen MR) is 191 cm³/mol. The van der Waals surface area contributed by atoms with E-state index in [-0.39, 0.29) is 0 Å². The number of hydrogen-bond acceptors (Lipinski definition) is 1. The molecule has 10 rings (SSSR count). The number of fused-ring (bicyclic) bond motifs is 4. The van der Waals surface area contributed by atoms with E-state index in [0.717, 1.165) is 22.4 Å². The Hall–Kier alpha value is -5.99. The maximum absolute atomic E-state index is 5.01. The molecule has 0 unspecified atom stereocenters. The highest BCUT2D eigenvalue weighted by Crippen LogP contribution is 2.42. The van der Waals surface area contributed by atoms with Crippen LogP contribution >= 0.6 is 0 Å². The molecule has 9 aromatic carbocycles. The standard InChI is InChI=1S/C43H26N2/c1-2-9-33-26(6-1)20-25-39-42(33)45-43(44-39)31-16-12-27(13-17-31)32-23-24-36(35-11-4-3-10-34(32)35)37-21-18-30-15-14-28-7-5-8-29-19-22-38(37)41(30)40(28)29/h1-25H,(H,44,45). The number of H-pyrrole nitrogens is 1. The minimum Gasteiger partial charge on any atom is -0.338 e. The summed E-state index contributed by atoms with van der Waals surface area (Å²) in [5, 5.41) is 12.8. The summed E-state index contributed by atoms with van der Waals surface area (Å²) < 4.78 is 0. The Morgan fingerprint density at radius 2 is 0.911 bits per heavy atom. The zero-order valence-corrected chi connectivity index (χ0v) is 24.4. The molecule has 1 aromatic heterocycles. The number of aromatic nitrogens is 2. The van der Waals surface area contributed by atoms with Gasteiger partial charge in [-0.1, -0.05) is 146 Å². The van der Waals surface area contributed by atoms with Crippen LogP contribution in [0.15, 0.2) is 152 Å². The summed E-state index contributed by atoms with van der Waals surface area (Å²) in [5.41, 5.74) is 8.11. The van der Waals surface area contributed by atoms with E-state index in [2.05, 4.69) is 157 Å². The van der Waals surface area contributed by atoms with Gasteiger partial charge < -0.3 is 4.98 Å². The summed E-state index contributed by atoms with van der Waals surface area (Å²) in [6, 6.07) is 55.2. The summed E-state index contributed by atoms with van der Waals surface area (Å²) in [5.74, 6) is 0.891. The van der Waals surface area contributed by atoms with Crippen molar-refractivity contribution in [2.24, 2.45) is 0 Å². The molecule has 2 nitrogen and oxygen atoms in total. The number of aromatic amines is 1. The molecule has 0 aliphatic heterocycles. The lowest BCUT2D eigenvalue weighted by atomic mass is 9.87. The van der Waals surface area contributed by atoms with E-state index in [0.29, 0.717) is 0 Å². The van der Waals surface area contributed by atoms with Gasteiger partial charge in [-0.2, -0.15) is 0 Å². The van der Waals surface area contributed by atoms with E-state index in [1.807, 2.05) is 0 Å². The molecule has 2 heteroatoms. The van der Waals surface area contributed by atoms with Crippen LogP contribution in [0.3, 0.4) is 0 Å². The molecule has 0 fully saturated rings. The minimum absolute atomic E-state index is 0.891. The molecule has 0 aliphatic rings. The quantitative estimate of drug-likeness (QED) is 0.210. The average molecular weight is 571 g/mol. The zero-order chi connectivity index (χ0) is 29.5. The molecule has 10 aromatic rings. The first-order chi connectivity index (χ1) is 22.3. The Bertz CT molecular complexity index is 2730. The Morgan fingerprint density at radius 3 is 1.73 bits per heavy atom. The van der Waals surface area contributed by atoms with Crippen LogP contribution in [-0.2, 0) is 0 Å². The molecule has 0 saturated heterocycles. The first-order valence-corrected chi connectivity index (χ1v) is 15.5. The van der Waals surface area contributed by atoms with Gasteiger partial charge in [0.15, 0.2) is 0 Å². The molecular formula is C43H26N2. The van der Waals surface area contributed by atoms with E-state index < -0.39 is 0 Å². The van der Waals surface area contributed by atoms with Crippen LogP contribution in [0.2, 0.25) is 0 Å². The van der Waals surface area contributed by atoms with Crippen molar-refractivity contribution in [3.05, 3.63) is 152 Å². The predicted octanol–water partition coefficient (Wildman–Crippen LogP) is 11.8. The van der Waals surface area contributed by atoms with Crippen LogP contribution < -0.4 is 0 Å². The molecule has 0 saturated carbocycles. The summed E-state index contributed by atoms with van der Waals surface area (Å²) in [6.07, 6.45) is 0. The fourth-order valence-corrected chi connectivity index (χ4v) is 7.44. The lowest BCUT2D eigenvalue weighted by Crippen LogP contribution is -1.90. The number of hydrogen-bond donors (Lipinski definition) is 1. The van der Waals surface area contributed by atoms with E-state index in [4.69, 9.17) is 4.98 Å². The van der Waals surface area contributed by atoms with Gasteiger partial charge in [0, 0.05) is 10.9 Å². The molecule has 0 aliphatic carbocycles. The van der Waals surface area contributed by atoms with E-state index in [1.54, 1.807) is 0 Å². The highest BCUT2D eigenvalue weighted by molar-refractivity contribution is 6.26. The second-order valence-corrected chi connectivity index (χ2v) is 12.0. The van der Waals surface area contributed by atoms with Crippen molar-refractivity contribution >= 4 is 64.9 Å². The van der Waals surface area contributed by atoms with Crippen LogP contribution in [0.4, 0.5) is 0 Å². The highest BCUT2D eigenvalue weighted by atomic mass is 14.9. The van der Waals surface area contributed by atoms with Gasteiger partial charge in [-0.15, -0.1) is 0 Å². The molecule has 1 N–H and O–H groups in total. The van der Waals surface area contributed by atoms with Gasteiger partial charge in [-0.25, -0.2) is 4.98 Å². The summed E-state index contributed by atoms with van der Waals surface area (Å²) in [7, 11) is 0. The molecule has 0 bridgehead atoms. The van der Waals surface area contributed by atoms with Crippen molar-refractivity contribution in [3.8, 4) is 33.6 Å². The van der Waals surface area contributed by atoms with Crippen molar-refractivity contribution in [1.82, 2.24) is 9.97 Å². The van der Waals surface area contributed by atoms with Crippen molar-refractivity contribution in [1.29, 1.82) is 0 Å².